The maximum absolute atomic E-state index is 13.1. The first kappa shape index (κ1) is 21.2. The van der Waals surface area contributed by atoms with Crippen LogP contribution in [0, 0.1) is 12.8 Å². The van der Waals surface area contributed by atoms with Gasteiger partial charge in [0.1, 0.15) is 17.5 Å². The van der Waals surface area contributed by atoms with Crippen LogP contribution in [0.15, 0.2) is 27.7 Å². The van der Waals surface area contributed by atoms with Crippen LogP contribution in [0.4, 0.5) is 5.69 Å². The highest BCUT2D eigenvalue weighted by atomic mass is 16.5. The summed E-state index contributed by atoms with van der Waals surface area (Å²) in [5, 5.41) is 2.93. The molecule has 0 aliphatic rings. The summed E-state index contributed by atoms with van der Waals surface area (Å²) in [5.41, 5.74) is 0.372. The van der Waals surface area contributed by atoms with Crippen LogP contribution in [-0.4, -0.2) is 36.8 Å². The smallest absolute Gasteiger partial charge is 0.265 e. The van der Waals surface area contributed by atoms with E-state index in [1.54, 1.807) is 19.1 Å². The highest BCUT2D eigenvalue weighted by Crippen LogP contribution is 2.40. The number of aromatic nitrogens is 2. The highest BCUT2D eigenvalue weighted by molar-refractivity contribution is 6.12. The van der Waals surface area contributed by atoms with E-state index in [1.165, 1.54) is 32.2 Å². The topological polar surface area (TPSA) is 105 Å². The van der Waals surface area contributed by atoms with Crippen molar-refractivity contribution in [2.45, 2.75) is 27.3 Å². The number of anilines is 1. The monoisotopic (exact) mass is 415 g/mol. The lowest BCUT2D eigenvalue weighted by Crippen LogP contribution is -2.24. The number of carbonyl (C=O) groups excluding carboxylic acids is 1. The van der Waals surface area contributed by atoms with Gasteiger partial charge in [-0.05, 0) is 12.8 Å². The molecule has 0 aliphatic heterocycles. The molecule has 2 heterocycles. The van der Waals surface area contributed by atoms with E-state index >= 15 is 0 Å². The van der Waals surface area contributed by atoms with Gasteiger partial charge in [-0.2, -0.15) is 0 Å². The predicted octanol–water partition coefficient (Wildman–Crippen LogP) is 3.23. The van der Waals surface area contributed by atoms with E-state index in [0.29, 0.717) is 35.2 Å². The summed E-state index contributed by atoms with van der Waals surface area (Å²) in [4.78, 5) is 30.3. The molecule has 0 bridgehead atoms. The van der Waals surface area contributed by atoms with Crippen molar-refractivity contribution in [3.05, 3.63) is 40.1 Å². The molecule has 0 atom stereocenters. The van der Waals surface area contributed by atoms with Crippen LogP contribution < -0.4 is 25.1 Å². The second kappa shape index (κ2) is 8.48. The van der Waals surface area contributed by atoms with Gasteiger partial charge in [-0.3, -0.25) is 14.2 Å². The number of rotatable bonds is 7. The number of methoxy groups -OCH3 is 3. The zero-order chi connectivity index (χ0) is 22.0. The van der Waals surface area contributed by atoms with Crippen molar-refractivity contribution in [1.82, 2.24) is 9.55 Å². The van der Waals surface area contributed by atoms with E-state index in [1.807, 2.05) is 13.8 Å². The molecule has 9 nitrogen and oxygen atoms in total. The third kappa shape index (κ3) is 3.83. The molecule has 1 N–H and O–H groups in total. The lowest BCUT2D eigenvalue weighted by molar-refractivity contribution is 0.102. The van der Waals surface area contributed by atoms with Gasteiger partial charge in [0.25, 0.3) is 11.5 Å². The van der Waals surface area contributed by atoms with Crippen molar-refractivity contribution in [3.63, 3.8) is 0 Å². The van der Waals surface area contributed by atoms with Crippen molar-refractivity contribution in [1.29, 1.82) is 0 Å². The largest absolute Gasteiger partial charge is 0.493 e. The Kier molecular flexibility index (Phi) is 6.00. The molecule has 30 heavy (non-hydrogen) atoms. The molecular formula is C21H25N3O6. The zero-order valence-corrected chi connectivity index (χ0v) is 17.9. The Balaban J connectivity index is 2.06. The molecule has 0 fully saturated rings. The van der Waals surface area contributed by atoms with Crippen LogP contribution >= 0.6 is 0 Å². The van der Waals surface area contributed by atoms with E-state index in [9.17, 15) is 9.59 Å². The van der Waals surface area contributed by atoms with E-state index in [0.717, 1.165) is 0 Å². The summed E-state index contributed by atoms with van der Waals surface area (Å²) in [6.07, 6.45) is 1.44. The molecule has 160 valence electrons. The van der Waals surface area contributed by atoms with E-state index in [2.05, 4.69) is 10.3 Å². The summed E-state index contributed by atoms with van der Waals surface area (Å²) in [6.45, 7) is 6.10. The first-order valence-electron chi connectivity index (χ1n) is 9.40. The molecule has 1 amide bonds. The van der Waals surface area contributed by atoms with Crippen molar-refractivity contribution in [3.8, 4) is 17.2 Å². The molecule has 1 aromatic carbocycles. The quantitative estimate of drug-likeness (QED) is 0.632. The van der Waals surface area contributed by atoms with Gasteiger partial charge in [0.2, 0.25) is 11.5 Å². The number of carbonyl (C=O) groups is 1. The second-order valence-corrected chi connectivity index (χ2v) is 7.18. The van der Waals surface area contributed by atoms with Crippen LogP contribution in [0.5, 0.6) is 17.2 Å². The van der Waals surface area contributed by atoms with Crippen LogP contribution in [0.25, 0.3) is 11.1 Å². The maximum atomic E-state index is 13.1. The average molecular weight is 415 g/mol. The molecule has 3 aromatic rings. The Hall–Kier alpha value is -3.49. The third-order valence-electron chi connectivity index (χ3n) is 4.57. The summed E-state index contributed by atoms with van der Waals surface area (Å²) >= 11 is 0. The summed E-state index contributed by atoms with van der Waals surface area (Å²) in [5.74, 6) is 1.24. The lowest BCUT2D eigenvalue weighted by atomic mass is 10.1. The van der Waals surface area contributed by atoms with E-state index in [4.69, 9.17) is 18.6 Å². The SMILES string of the molecule is COc1cc(NC(=O)c2c(C)oc3ncn(CC(C)C)c(=O)c23)cc(OC)c1OC. The molecular weight excluding hydrogens is 390 g/mol. The number of amides is 1. The number of nitrogens with one attached hydrogen (secondary N) is 1. The van der Waals surface area contributed by atoms with Crippen LogP contribution in [0.2, 0.25) is 0 Å². The van der Waals surface area contributed by atoms with Gasteiger partial charge in [0, 0.05) is 24.4 Å². The lowest BCUT2D eigenvalue weighted by Gasteiger charge is -2.14. The van der Waals surface area contributed by atoms with Gasteiger partial charge in [-0.1, -0.05) is 13.8 Å². The zero-order valence-electron chi connectivity index (χ0n) is 17.9. The molecule has 0 radical (unpaired) electrons. The fraction of sp³-hybridized carbons (Fsp3) is 0.381. The van der Waals surface area contributed by atoms with Crippen molar-refractivity contribution >= 4 is 22.7 Å². The number of fused-ring (bicyclic) bond motifs is 1. The second-order valence-electron chi connectivity index (χ2n) is 7.18. The minimum Gasteiger partial charge on any atom is -0.493 e. The molecule has 0 saturated heterocycles. The number of nitrogens with zero attached hydrogens (tertiary/aromatic N) is 2. The van der Waals surface area contributed by atoms with Crippen LogP contribution in [0.3, 0.4) is 0 Å². The third-order valence-corrected chi connectivity index (χ3v) is 4.57. The van der Waals surface area contributed by atoms with Gasteiger partial charge in [0.05, 0.1) is 26.9 Å². The Morgan fingerprint density at radius 2 is 1.80 bits per heavy atom. The van der Waals surface area contributed by atoms with Gasteiger partial charge in [-0.25, -0.2) is 4.98 Å². The number of furan rings is 1. The molecule has 0 saturated carbocycles. The minimum absolute atomic E-state index is 0.132. The molecule has 0 unspecified atom stereocenters. The highest BCUT2D eigenvalue weighted by Gasteiger charge is 2.24. The Morgan fingerprint density at radius 3 is 2.33 bits per heavy atom. The van der Waals surface area contributed by atoms with Crippen molar-refractivity contribution < 1.29 is 23.4 Å². The van der Waals surface area contributed by atoms with Gasteiger partial charge in [0.15, 0.2) is 11.5 Å². The first-order chi connectivity index (χ1) is 14.3. The Bertz CT molecular complexity index is 1120. The van der Waals surface area contributed by atoms with Gasteiger partial charge >= 0.3 is 0 Å². The van der Waals surface area contributed by atoms with Gasteiger partial charge in [-0.15, -0.1) is 0 Å². The minimum atomic E-state index is -0.498. The van der Waals surface area contributed by atoms with Crippen molar-refractivity contribution in [2.24, 2.45) is 5.92 Å². The summed E-state index contributed by atoms with van der Waals surface area (Å²) in [6, 6.07) is 3.21. The molecule has 0 aliphatic carbocycles. The van der Waals surface area contributed by atoms with Gasteiger partial charge < -0.3 is 23.9 Å². The first-order valence-corrected chi connectivity index (χ1v) is 9.40. The van der Waals surface area contributed by atoms with E-state index < -0.39 is 5.91 Å². The fourth-order valence-corrected chi connectivity index (χ4v) is 3.28. The molecule has 9 heteroatoms. The van der Waals surface area contributed by atoms with Crippen LogP contribution in [0.1, 0.15) is 30.0 Å². The average Bonchev–Trinajstić information content (AvgIpc) is 3.05. The molecule has 0 spiro atoms. The van der Waals surface area contributed by atoms with Crippen LogP contribution in [-0.2, 0) is 6.54 Å². The fourth-order valence-electron chi connectivity index (χ4n) is 3.28. The molecule has 3 rings (SSSR count). The number of ether oxygens (including phenoxy) is 3. The summed E-state index contributed by atoms with van der Waals surface area (Å²) < 4.78 is 23.0. The Morgan fingerprint density at radius 1 is 1.17 bits per heavy atom. The maximum Gasteiger partial charge on any atom is 0.265 e. The standard InChI is InChI=1S/C21H25N3O6/c1-11(2)9-24-10-22-20-17(21(24)26)16(12(3)30-20)19(25)23-13-7-14(27-4)18(29-6)15(8-13)28-5/h7-8,10-11H,9H2,1-6H3,(H,23,25). The number of benzene rings is 1. The van der Waals surface area contributed by atoms with E-state index in [-0.39, 0.29) is 28.1 Å². The number of aryl methyl sites for hydroxylation is 1. The number of hydrogen-bond donors (Lipinski definition) is 1. The van der Waals surface area contributed by atoms with Crippen molar-refractivity contribution in [2.75, 3.05) is 26.6 Å². The molecule has 2 aromatic heterocycles. The normalized spacial score (nSPS) is 11.0. The Labute approximate surface area is 173 Å². The summed E-state index contributed by atoms with van der Waals surface area (Å²) in [7, 11) is 4.47. The predicted molar refractivity (Wildman–Crippen MR) is 112 cm³/mol. The number of hydrogen-bond acceptors (Lipinski definition) is 7.